The lowest BCUT2D eigenvalue weighted by Gasteiger charge is -2.07. The number of benzene rings is 2. The predicted molar refractivity (Wildman–Crippen MR) is 105 cm³/mol. The van der Waals surface area contributed by atoms with Crippen LogP contribution in [-0.4, -0.2) is 10.9 Å². The van der Waals surface area contributed by atoms with Crippen LogP contribution in [0.15, 0.2) is 82.8 Å². The number of furan rings is 1. The molecule has 0 atom stereocenters. The molecule has 5 nitrogen and oxygen atoms in total. The van der Waals surface area contributed by atoms with E-state index < -0.39 is 0 Å². The van der Waals surface area contributed by atoms with Crippen LogP contribution in [0, 0.1) is 0 Å². The first-order chi connectivity index (χ1) is 13.3. The molecular weight excluding hydrogens is 360 g/mol. The summed E-state index contributed by atoms with van der Waals surface area (Å²) in [4.78, 5) is 16.7. The highest BCUT2D eigenvalue weighted by Gasteiger charge is 2.11. The molecule has 0 saturated heterocycles. The molecule has 1 amide bonds. The number of nitrogens with one attached hydrogen (secondary N) is 1. The molecule has 6 heteroatoms. The average Bonchev–Trinajstić information content (AvgIpc) is 3.36. The topological polar surface area (TPSA) is 64.4 Å². The molecule has 0 aliphatic rings. The molecule has 0 fully saturated rings. The Kier molecular flexibility index (Phi) is 4.98. The van der Waals surface area contributed by atoms with E-state index in [-0.39, 0.29) is 12.3 Å². The van der Waals surface area contributed by atoms with Gasteiger partial charge in [-0.05, 0) is 48.5 Å². The maximum Gasteiger partial charge on any atom is 0.230 e. The molecule has 0 aliphatic heterocycles. The van der Waals surface area contributed by atoms with E-state index in [9.17, 15) is 4.79 Å². The number of para-hydroxylation sites is 1. The summed E-state index contributed by atoms with van der Waals surface area (Å²) in [7, 11) is 0. The van der Waals surface area contributed by atoms with Crippen molar-refractivity contribution in [2.75, 3.05) is 5.32 Å². The van der Waals surface area contributed by atoms with Crippen LogP contribution in [-0.2, 0) is 11.2 Å². The minimum Gasteiger partial charge on any atom is -0.462 e. The Bertz CT molecular complexity index is 1010. The van der Waals surface area contributed by atoms with Gasteiger partial charge < -0.3 is 14.5 Å². The van der Waals surface area contributed by atoms with Gasteiger partial charge in [-0.1, -0.05) is 18.2 Å². The summed E-state index contributed by atoms with van der Waals surface area (Å²) in [6.45, 7) is 0. The van der Waals surface area contributed by atoms with Crippen LogP contribution in [0.1, 0.15) is 5.69 Å². The zero-order chi connectivity index (χ0) is 18.5. The summed E-state index contributed by atoms with van der Waals surface area (Å²) >= 11 is 1.46. The van der Waals surface area contributed by atoms with Gasteiger partial charge in [0.2, 0.25) is 5.91 Å². The molecule has 0 aliphatic carbocycles. The van der Waals surface area contributed by atoms with Crippen molar-refractivity contribution >= 4 is 22.9 Å². The van der Waals surface area contributed by atoms with Crippen molar-refractivity contribution in [2.24, 2.45) is 0 Å². The average molecular weight is 376 g/mol. The van der Waals surface area contributed by atoms with E-state index in [0.29, 0.717) is 22.9 Å². The summed E-state index contributed by atoms with van der Waals surface area (Å²) < 4.78 is 11.1. The molecule has 2 aromatic heterocycles. The summed E-state index contributed by atoms with van der Waals surface area (Å²) in [5.74, 6) is 2.07. The van der Waals surface area contributed by atoms with Crippen molar-refractivity contribution in [3.05, 3.63) is 84.1 Å². The van der Waals surface area contributed by atoms with Crippen LogP contribution in [0.5, 0.6) is 11.5 Å². The van der Waals surface area contributed by atoms with Gasteiger partial charge in [-0.2, -0.15) is 0 Å². The minimum atomic E-state index is -0.122. The molecule has 2 heterocycles. The van der Waals surface area contributed by atoms with Crippen LogP contribution in [0.25, 0.3) is 10.8 Å². The zero-order valence-electron chi connectivity index (χ0n) is 14.3. The maximum absolute atomic E-state index is 12.3. The third-order valence-corrected chi connectivity index (χ3v) is 4.65. The molecule has 27 heavy (non-hydrogen) atoms. The highest BCUT2D eigenvalue weighted by Crippen LogP contribution is 2.25. The number of hydrogen-bond donors (Lipinski definition) is 1. The highest BCUT2D eigenvalue weighted by molar-refractivity contribution is 7.13. The van der Waals surface area contributed by atoms with E-state index >= 15 is 0 Å². The Morgan fingerprint density at radius 1 is 1.00 bits per heavy atom. The first kappa shape index (κ1) is 17.1. The third kappa shape index (κ3) is 4.43. The standard InChI is InChI=1S/C21H16N2O3S/c24-20(13-16-14-27-21(23-16)19-7-4-12-25-19)22-15-8-10-18(11-9-15)26-17-5-2-1-3-6-17/h1-12,14H,13H2,(H,22,24). The molecule has 134 valence electrons. The number of amides is 1. The fraction of sp³-hybridized carbons (Fsp3) is 0.0476. The van der Waals surface area contributed by atoms with Crippen molar-refractivity contribution in [3.63, 3.8) is 0 Å². The van der Waals surface area contributed by atoms with Crippen molar-refractivity contribution in [1.29, 1.82) is 0 Å². The van der Waals surface area contributed by atoms with Crippen LogP contribution in [0.3, 0.4) is 0 Å². The van der Waals surface area contributed by atoms with Crippen LogP contribution >= 0.6 is 11.3 Å². The number of anilines is 1. The molecular formula is C21H16N2O3S. The molecule has 1 N–H and O–H groups in total. The summed E-state index contributed by atoms with van der Waals surface area (Å²) in [5.41, 5.74) is 1.43. The Morgan fingerprint density at radius 3 is 2.52 bits per heavy atom. The van der Waals surface area contributed by atoms with E-state index in [4.69, 9.17) is 9.15 Å². The van der Waals surface area contributed by atoms with Crippen LogP contribution < -0.4 is 10.1 Å². The normalized spacial score (nSPS) is 10.5. The number of carbonyl (C=O) groups is 1. The molecule has 2 aromatic carbocycles. The second-order valence-electron chi connectivity index (χ2n) is 5.79. The zero-order valence-corrected chi connectivity index (χ0v) is 15.1. The fourth-order valence-corrected chi connectivity index (χ4v) is 3.29. The number of thiazole rings is 1. The van der Waals surface area contributed by atoms with E-state index in [1.54, 1.807) is 6.26 Å². The Balaban J connectivity index is 1.34. The lowest BCUT2D eigenvalue weighted by Crippen LogP contribution is -2.14. The summed E-state index contributed by atoms with van der Waals surface area (Å²) in [6, 6.07) is 20.5. The lowest BCUT2D eigenvalue weighted by molar-refractivity contribution is -0.115. The first-order valence-electron chi connectivity index (χ1n) is 8.37. The van der Waals surface area contributed by atoms with Gasteiger partial charge in [-0.15, -0.1) is 11.3 Å². The SMILES string of the molecule is O=C(Cc1csc(-c2ccco2)n1)Nc1ccc(Oc2ccccc2)cc1. The van der Waals surface area contributed by atoms with Gasteiger partial charge in [0.1, 0.15) is 11.5 Å². The number of carbonyl (C=O) groups excluding carboxylic acids is 1. The van der Waals surface area contributed by atoms with Crippen molar-refractivity contribution in [2.45, 2.75) is 6.42 Å². The quantitative estimate of drug-likeness (QED) is 0.491. The van der Waals surface area contributed by atoms with Gasteiger partial charge in [0.15, 0.2) is 10.8 Å². The largest absolute Gasteiger partial charge is 0.462 e. The first-order valence-corrected chi connectivity index (χ1v) is 9.25. The predicted octanol–water partition coefficient (Wildman–Crippen LogP) is 5.38. The molecule has 4 rings (SSSR count). The van der Waals surface area contributed by atoms with Gasteiger partial charge in [0.05, 0.1) is 18.4 Å². The fourth-order valence-electron chi connectivity index (χ4n) is 2.50. The Hall–Kier alpha value is -3.38. The minimum absolute atomic E-state index is 0.122. The van der Waals surface area contributed by atoms with Gasteiger partial charge >= 0.3 is 0 Å². The van der Waals surface area contributed by atoms with Crippen LogP contribution in [0.2, 0.25) is 0 Å². The van der Waals surface area contributed by atoms with Crippen molar-refractivity contribution in [1.82, 2.24) is 4.98 Å². The third-order valence-electron chi connectivity index (χ3n) is 3.74. The van der Waals surface area contributed by atoms with Crippen molar-refractivity contribution in [3.8, 4) is 22.3 Å². The molecule has 0 saturated carbocycles. The van der Waals surface area contributed by atoms with E-state index in [1.807, 2.05) is 72.1 Å². The van der Waals surface area contributed by atoms with E-state index in [2.05, 4.69) is 10.3 Å². The molecule has 4 aromatic rings. The summed E-state index contributed by atoms with van der Waals surface area (Å²) in [6.07, 6.45) is 1.81. The van der Waals surface area contributed by atoms with Gasteiger partial charge in [0.25, 0.3) is 0 Å². The van der Waals surface area contributed by atoms with E-state index in [0.717, 1.165) is 10.8 Å². The second-order valence-corrected chi connectivity index (χ2v) is 6.64. The number of ether oxygens (including phenoxy) is 1. The smallest absolute Gasteiger partial charge is 0.230 e. The van der Waals surface area contributed by atoms with Gasteiger partial charge in [-0.25, -0.2) is 4.98 Å². The van der Waals surface area contributed by atoms with Gasteiger partial charge in [0, 0.05) is 11.1 Å². The number of aromatic nitrogens is 1. The number of rotatable bonds is 6. The number of nitrogens with zero attached hydrogens (tertiary/aromatic N) is 1. The highest BCUT2D eigenvalue weighted by atomic mass is 32.1. The molecule has 0 unspecified atom stereocenters. The van der Waals surface area contributed by atoms with Gasteiger partial charge in [-0.3, -0.25) is 4.79 Å². The monoisotopic (exact) mass is 376 g/mol. The Labute approximate surface area is 160 Å². The Morgan fingerprint density at radius 2 is 1.78 bits per heavy atom. The number of hydrogen-bond acceptors (Lipinski definition) is 5. The molecule has 0 bridgehead atoms. The molecule has 0 radical (unpaired) electrons. The van der Waals surface area contributed by atoms with E-state index in [1.165, 1.54) is 11.3 Å². The molecule has 0 spiro atoms. The maximum atomic E-state index is 12.3. The lowest BCUT2D eigenvalue weighted by atomic mass is 10.2. The van der Waals surface area contributed by atoms with Crippen LogP contribution in [0.4, 0.5) is 5.69 Å². The summed E-state index contributed by atoms with van der Waals surface area (Å²) in [5, 5.41) is 5.51. The van der Waals surface area contributed by atoms with Crippen molar-refractivity contribution < 1.29 is 13.9 Å². The second kappa shape index (κ2) is 7.88.